The van der Waals surface area contributed by atoms with Crippen LogP contribution in [0.2, 0.25) is 0 Å². The molecule has 0 aliphatic rings. The molecule has 1 aromatic carbocycles. The van der Waals surface area contributed by atoms with Gasteiger partial charge in [-0.25, -0.2) is 0 Å². The minimum absolute atomic E-state index is 1.01. The fraction of sp³-hybridized carbons (Fsp3) is 0.538. The molecule has 0 unspecified atom stereocenters. The minimum atomic E-state index is 1.01. The molecule has 0 aliphatic heterocycles. The van der Waals surface area contributed by atoms with Gasteiger partial charge in [0.15, 0.2) is 0 Å². The van der Waals surface area contributed by atoms with Crippen molar-refractivity contribution in [1.82, 2.24) is 5.32 Å². The van der Waals surface area contributed by atoms with Gasteiger partial charge in [-0.1, -0.05) is 19.1 Å². The SMILES string of the molecule is CCc1cc(CCCNC)ccc1OC. The Kier molecular flexibility index (Phi) is 5.19. The zero-order valence-electron chi connectivity index (χ0n) is 9.97. The second-order valence-corrected chi connectivity index (χ2v) is 3.71. The molecule has 0 spiro atoms. The first kappa shape index (κ1) is 12.1. The van der Waals surface area contributed by atoms with E-state index < -0.39 is 0 Å². The first-order valence-corrected chi connectivity index (χ1v) is 5.62. The van der Waals surface area contributed by atoms with E-state index in [0.29, 0.717) is 0 Å². The van der Waals surface area contributed by atoms with Gasteiger partial charge in [-0.15, -0.1) is 0 Å². The topological polar surface area (TPSA) is 21.3 Å². The Hall–Kier alpha value is -1.02. The van der Waals surface area contributed by atoms with Crippen molar-refractivity contribution in [1.29, 1.82) is 0 Å². The predicted octanol–water partition coefficient (Wildman–Crippen LogP) is 2.41. The summed E-state index contributed by atoms with van der Waals surface area (Å²) in [5, 5.41) is 3.16. The van der Waals surface area contributed by atoms with Gasteiger partial charge in [-0.2, -0.15) is 0 Å². The maximum Gasteiger partial charge on any atom is 0.122 e. The Morgan fingerprint density at radius 3 is 2.73 bits per heavy atom. The largest absolute Gasteiger partial charge is 0.496 e. The maximum atomic E-state index is 5.30. The fourth-order valence-electron chi connectivity index (χ4n) is 1.73. The molecule has 1 N–H and O–H groups in total. The number of methoxy groups -OCH3 is 1. The van der Waals surface area contributed by atoms with E-state index in [2.05, 4.69) is 30.4 Å². The summed E-state index contributed by atoms with van der Waals surface area (Å²) >= 11 is 0. The van der Waals surface area contributed by atoms with Crippen LogP contribution in [0.25, 0.3) is 0 Å². The molecule has 0 amide bonds. The molecule has 0 aromatic heterocycles. The second-order valence-electron chi connectivity index (χ2n) is 3.71. The van der Waals surface area contributed by atoms with Crippen LogP contribution >= 0.6 is 0 Å². The van der Waals surface area contributed by atoms with Crippen LogP contribution in [0.1, 0.15) is 24.5 Å². The van der Waals surface area contributed by atoms with E-state index in [4.69, 9.17) is 4.74 Å². The fourth-order valence-corrected chi connectivity index (χ4v) is 1.73. The minimum Gasteiger partial charge on any atom is -0.496 e. The summed E-state index contributed by atoms with van der Waals surface area (Å²) in [5.74, 6) is 1.01. The molecule has 1 rings (SSSR count). The summed E-state index contributed by atoms with van der Waals surface area (Å²) in [7, 11) is 3.72. The molecule has 0 aliphatic carbocycles. The van der Waals surface area contributed by atoms with Crippen LogP contribution in [-0.2, 0) is 12.8 Å². The van der Waals surface area contributed by atoms with Gasteiger partial charge in [0.25, 0.3) is 0 Å². The first-order valence-electron chi connectivity index (χ1n) is 5.62. The van der Waals surface area contributed by atoms with E-state index >= 15 is 0 Å². The number of hydrogen-bond donors (Lipinski definition) is 1. The summed E-state index contributed by atoms with van der Waals surface area (Å²) in [6.45, 7) is 3.24. The highest BCUT2D eigenvalue weighted by atomic mass is 16.5. The zero-order valence-corrected chi connectivity index (χ0v) is 9.97. The lowest BCUT2D eigenvalue weighted by Crippen LogP contribution is -2.08. The summed E-state index contributed by atoms with van der Waals surface area (Å²) in [4.78, 5) is 0. The number of nitrogens with one attached hydrogen (secondary N) is 1. The summed E-state index contributed by atoms with van der Waals surface area (Å²) in [5.41, 5.74) is 2.71. The molecule has 0 heterocycles. The van der Waals surface area contributed by atoms with Crippen LogP contribution < -0.4 is 10.1 Å². The molecule has 15 heavy (non-hydrogen) atoms. The smallest absolute Gasteiger partial charge is 0.122 e. The molecule has 0 fully saturated rings. The van der Waals surface area contributed by atoms with E-state index in [1.165, 1.54) is 17.5 Å². The molecular weight excluding hydrogens is 186 g/mol. The number of rotatable bonds is 6. The van der Waals surface area contributed by atoms with Crippen molar-refractivity contribution in [2.75, 3.05) is 20.7 Å². The van der Waals surface area contributed by atoms with Crippen LogP contribution in [0, 0.1) is 0 Å². The van der Waals surface area contributed by atoms with Gasteiger partial charge < -0.3 is 10.1 Å². The summed E-state index contributed by atoms with van der Waals surface area (Å²) in [6.07, 6.45) is 3.35. The zero-order chi connectivity index (χ0) is 11.1. The Morgan fingerprint density at radius 2 is 2.13 bits per heavy atom. The molecular formula is C13H21NO. The standard InChI is InChI=1S/C13H21NO/c1-4-12-10-11(6-5-9-14-2)7-8-13(12)15-3/h7-8,10,14H,4-6,9H2,1-3H3. The highest BCUT2D eigenvalue weighted by Gasteiger charge is 2.02. The maximum absolute atomic E-state index is 5.30. The molecule has 0 saturated heterocycles. The van der Waals surface area contributed by atoms with Gasteiger partial charge in [0.05, 0.1) is 7.11 Å². The average molecular weight is 207 g/mol. The monoisotopic (exact) mass is 207 g/mol. The number of ether oxygens (including phenoxy) is 1. The van der Waals surface area contributed by atoms with Gasteiger partial charge >= 0.3 is 0 Å². The third-order valence-corrected chi connectivity index (χ3v) is 2.62. The molecule has 2 nitrogen and oxygen atoms in total. The quantitative estimate of drug-likeness (QED) is 0.723. The lowest BCUT2D eigenvalue weighted by atomic mass is 10.0. The molecule has 0 radical (unpaired) electrons. The Bertz CT molecular complexity index is 297. The van der Waals surface area contributed by atoms with E-state index in [-0.39, 0.29) is 0 Å². The Balaban J connectivity index is 2.66. The third kappa shape index (κ3) is 3.56. The van der Waals surface area contributed by atoms with Gasteiger partial charge in [0, 0.05) is 0 Å². The van der Waals surface area contributed by atoms with Gasteiger partial charge in [-0.05, 0) is 50.0 Å². The molecule has 2 heteroatoms. The van der Waals surface area contributed by atoms with Crippen LogP contribution in [0.4, 0.5) is 0 Å². The van der Waals surface area contributed by atoms with Crippen molar-refractivity contribution in [3.8, 4) is 5.75 Å². The number of benzene rings is 1. The van der Waals surface area contributed by atoms with Crippen LogP contribution in [0.5, 0.6) is 5.75 Å². The second kappa shape index (κ2) is 6.46. The first-order chi connectivity index (χ1) is 7.31. The molecule has 84 valence electrons. The molecule has 0 atom stereocenters. The van der Waals surface area contributed by atoms with E-state index in [1.807, 2.05) is 7.05 Å². The van der Waals surface area contributed by atoms with Crippen molar-refractivity contribution in [2.45, 2.75) is 26.2 Å². The van der Waals surface area contributed by atoms with Gasteiger partial charge in [-0.3, -0.25) is 0 Å². The Morgan fingerprint density at radius 1 is 1.33 bits per heavy atom. The molecule has 0 saturated carbocycles. The van der Waals surface area contributed by atoms with Crippen molar-refractivity contribution >= 4 is 0 Å². The van der Waals surface area contributed by atoms with Crippen LogP contribution in [0.3, 0.4) is 0 Å². The summed E-state index contributed by atoms with van der Waals surface area (Å²) in [6, 6.07) is 6.50. The van der Waals surface area contributed by atoms with Gasteiger partial charge in [0.2, 0.25) is 0 Å². The highest BCUT2D eigenvalue weighted by Crippen LogP contribution is 2.20. The average Bonchev–Trinajstić information content (AvgIpc) is 2.29. The number of aryl methyl sites for hydroxylation is 2. The molecule has 1 aromatic rings. The summed E-state index contributed by atoms with van der Waals surface area (Å²) < 4.78 is 5.30. The lowest BCUT2D eigenvalue weighted by Gasteiger charge is -2.09. The van der Waals surface area contributed by atoms with E-state index in [0.717, 1.165) is 25.1 Å². The highest BCUT2D eigenvalue weighted by molar-refractivity contribution is 5.37. The van der Waals surface area contributed by atoms with Crippen LogP contribution in [0.15, 0.2) is 18.2 Å². The van der Waals surface area contributed by atoms with Gasteiger partial charge in [0.1, 0.15) is 5.75 Å². The Labute approximate surface area is 92.6 Å². The molecule has 0 bridgehead atoms. The van der Waals surface area contributed by atoms with Crippen molar-refractivity contribution < 1.29 is 4.74 Å². The van der Waals surface area contributed by atoms with Crippen molar-refractivity contribution in [3.63, 3.8) is 0 Å². The van der Waals surface area contributed by atoms with Crippen LogP contribution in [-0.4, -0.2) is 20.7 Å². The predicted molar refractivity (Wildman–Crippen MR) is 64.6 cm³/mol. The third-order valence-electron chi connectivity index (χ3n) is 2.62. The number of hydrogen-bond acceptors (Lipinski definition) is 2. The normalized spacial score (nSPS) is 10.3. The van der Waals surface area contributed by atoms with Crippen molar-refractivity contribution in [3.05, 3.63) is 29.3 Å². The lowest BCUT2D eigenvalue weighted by molar-refractivity contribution is 0.410. The van der Waals surface area contributed by atoms with Crippen molar-refractivity contribution in [2.24, 2.45) is 0 Å². The van der Waals surface area contributed by atoms with E-state index in [1.54, 1.807) is 7.11 Å². The van der Waals surface area contributed by atoms with E-state index in [9.17, 15) is 0 Å².